The molecule has 0 spiro atoms. The van der Waals surface area contributed by atoms with E-state index >= 15 is 0 Å². The van der Waals surface area contributed by atoms with Gasteiger partial charge in [0.1, 0.15) is 0 Å². The zero-order chi connectivity index (χ0) is 28.6. The lowest BCUT2D eigenvalue weighted by atomic mass is 10.3. The predicted molar refractivity (Wildman–Crippen MR) is 148 cm³/mol. The number of hydrogen-bond acceptors (Lipinski definition) is 11. The van der Waals surface area contributed by atoms with Gasteiger partial charge >= 0.3 is 5.97 Å². The number of nitrogens with one attached hydrogen (secondary N) is 2. The van der Waals surface area contributed by atoms with Crippen LogP contribution in [0.3, 0.4) is 0 Å². The molecule has 3 rings (SSSR count). The highest BCUT2D eigenvalue weighted by Gasteiger charge is 2.23. The number of methoxy groups -OCH3 is 4. The summed E-state index contributed by atoms with van der Waals surface area (Å²) < 4.78 is 32.3. The number of carbonyl (C=O) groups excluding carboxylic acids is 2. The zero-order valence-electron chi connectivity index (χ0n) is 23.2. The standard InChI is InChI=1S/C26H34N4O8Si/c1-33-17-11-10-16(39(5,6)7)15-19(17)38-21-13-12-18(37-21)23(32)28-22-24(35-3)29-26(30-25(22)36-4)27-14-8-9-20(31)34-2/h10-13,15H,8-9,14H2,1-7H3,(H,28,32)(H,27,29,30). The van der Waals surface area contributed by atoms with E-state index in [4.69, 9.17) is 23.4 Å². The van der Waals surface area contributed by atoms with Gasteiger partial charge in [0.05, 0.1) is 36.5 Å². The second-order valence-electron chi connectivity index (χ2n) is 9.34. The molecular formula is C26H34N4O8Si. The highest BCUT2D eigenvalue weighted by atomic mass is 28.3. The fourth-order valence-electron chi connectivity index (χ4n) is 3.44. The van der Waals surface area contributed by atoms with E-state index < -0.39 is 14.0 Å². The largest absolute Gasteiger partial charge is 0.493 e. The summed E-state index contributed by atoms with van der Waals surface area (Å²) in [4.78, 5) is 32.8. The molecule has 13 heteroatoms. The van der Waals surface area contributed by atoms with Gasteiger partial charge in [-0.2, -0.15) is 9.97 Å². The molecule has 0 saturated carbocycles. The maximum atomic E-state index is 13.0. The van der Waals surface area contributed by atoms with Crippen LogP contribution in [0.2, 0.25) is 19.6 Å². The number of anilines is 2. The van der Waals surface area contributed by atoms with E-state index in [0.717, 1.165) is 0 Å². The van der Waals surface area contributed by atoms with Gasteiger partial charge in [-0.1, -0.05) is 30.9 Å². The van der Waals surface area contributed by atoms with Crippen LogP contribution in [0.4, 0.5) is 11.6 Å². The maximum Gasteiger partial charge on any atom is 0.305 e. The minimum Gasteiger partial charge on any atom is -0.493 e. The summed E-state index contributed by atoms with van der Waals surface area (Å²) in [7, 11) is 4.10. The Balaban J connectivity index is 1.75. The third-order valence-electron chi connectivity index (χ3n) is 5.58. The molecule has 0 aliphatic carbocycles. The Morgan fingerprint density at radius 3 is 2.21 bits per heavy atom. The molecule has 3 aromatic rings. The van der Waals surface area contributed by atoms with Gasteiger partial charge in [0, 0.05) is 19.0 Å². The predicted octanol–water partition coefficient (Wildman–Crippen LogP) is 4.05. The Bertz CT molecular complexity index is 1280. The van der Waals surface area contributed by atoms with Crippen LogP contribution < -0.4 is 34.8 Å². The number of aromatic nitrogens is 2. The Morgan fingerprint density at radius 2 is 1.62 bits per heavy atom. The molecule has 12 nitrogen and oxygen atoms in total. The minimum atomic E-state index is -1.60. The first kappa shape index (κ1) is 29.3. The number of benzene rings is 1. The second kappa shape index (κ2) is 13.0. The van der Waals surface area contributed by atoms with E-state index in [9.17, 15) is 9.59 Å². The Labute approximate surface area is 228 Å². The fraction of sp³-hybridized carbons (Fsp3) is 0.385. The number of ether oxygens (including phenoxy) is 5. The Kier molecular flexibility index (Phi) is 9.77. The van der Waals surface area contributed by atoms with Crippen molar-refractivity contribution >= 4 is 36.8 Å². The number of carbonyl (C=O) groups is 2. The summed E-state index contributed by atoms with van der Waals surface area (Å²) in [6.07, 6.45) is 0.758. The van der Waals surface area contributed by atoms with E-state index in [2.05, 4.69) is 45.0 Å². The lowest BCUT2D eigenvalue weighted by Crippen LogP contribution is -2.37. The van der Waals surface area contributed by atoms with Crippen molar-refractivity contribution in [1.82, 2.24) is 9.97 Å². The van der Waals surface area contributed by atoms with Crippen molar-refractivity contribution in [3.05, 3.63) is 36.1 Å². The number of hydrogen-bond donors (Lipinski definition) is 2. The van der Waals surface area contributed by atoms with Crippen molar-refractivity contribution in [2.45, 2.75) is 32.5 Å². The van der Waals surface area contributed by atoms with Crippen LogP contribution in [0.1, 0.15) is 23.4 Å². The molecule has 0 aliphatic heterocycles. The summed E-state index contributed by atoms with van der Waals surface area (Å²) in [5, 5.41) is 6.84. The summed E-state index contributed by atoms with van der Waals surface area (Å²) in [5.41, 5.74) is 0.119. The molecule has 0 fully saturated rings. The zero-order valence-corrected chi connectivity index (χ0v) is 24.2. The molecule has 39 heavy (non-hydrogen) atoms. The van der Waals surface area contributed by atoms with Crippen molar-refractivity contribution in [2.75, 3.05) is 45.6 Å². The van der Waals surface area contributed by atoms with Gasteiger partial charge in [-0.25, -0.2) is 0 Å². The van der Waals surface area contributed by atoms with Crippen LogP contribution >= 0.6 is 0 Å². The van der Waals surface area contributed by atoms with Crippen molar-refractivity contribution < 1.29 is 37.7 Å². The van der Waals surface area contributed by atoms with E-state index in [-0.39, 0.29) is 47.5 Å². The summed E-state index contributed by atoms with van der Waals surface area (Å²) >= 11 is 0. The molecular weight excluding hydrogens is 524 g/mol. The average molecular weight is 559 g/mol. The van der Waals surface area contributed by atoms with Crippen LogP contribution in [-0.4, -0.2) is 64.9 Å². The summed E-state index contributed by atoms with van der Waals surface area (Å²) in [5.74, 6) is 0.587. The third kappa shape index (κ3) is 7.63. The fourth-order valence-corrected chi connectivity index (χ4v) is 4.59. The number of amides is 1. The van der Waals surface area contributed by atoms with Gasteiger partial charge in [-0.05, 0) is 24.6 Å². The van der Waals surface area contributed by atoms with Gasteiger partial charge in [0.2, 0.25) is 17.7 Å². The third-order valence-corrected chi connectivity index (χ3v) is 7.62. The smallest absolute Gasteiger partial charge is 0.305 e. The van der Waals surface area contributed by atoms with Gasteiger partial charge < -0.3 is 38.7 Å². The van der Waals surface area contributed by atoms with Crippen LogP contribution in [0.15, 0.2) is 34.7 Å². The number of furan rings is 1. The van der Waals surface area contributed by atoms with E-state index in [1.807, 2.05) is 18.2 Å². The van der Waals surface area contributed by atoms with Crippen LogP contribution in [0.5, 0.6) is 29.2 Å². The number of nitrogens with zero attached hydrogens (tertiary/aromatic N) is 2. The van der Waals surface area contributed by atoms with Crippen LogP contribution in [0, 0.1) is 0 Å². The lowest BCUT2D eigenvalue weighted by molar-refractivity contribution is -0.140. The number of rotatable bonds is 13. The molecule has 2 aromatic heterocycles. The Hall–Kier alpha value is -4.26. The average Bonchev–Trinajstić information content (AvgIpc) is 3.39. The molecule has 0 atom stereocenters. The van der Waals surface area contributed by atoms with E-state index in [1.165, 1.54) is 32.6 Å². The van der Waals surface area contributed by atoms with Crippen LogP contribution in [0.25, 0.3) is 0 Å². The minimum absolute atomic E-state index is 0.0144. The van der Waals surface area contributed by atoms with Crippen molar-refractivity contribution in [1.29, 1.82) is 0 Å². The highest BCUT2D eigenvalue weighted by molar-refractivity contribution is 6.88. The van der Waals surface area contributed by atoms with Crippen molar-refractivity contribution in [3.8, 4) is 29.2 Å². The molecule has 0 radical (unpaired) electrons. The van der Waals surface area contributed by atoms with Crippen LogP contribution in [-0.2, 0) is 9.53 Å². The molecule has 1 amide bonds. The van der Waals surface area contributed by atoms with Gasteiger partial charge in [0.25, 0.3) is 11.9 Å². The molecule has 0 bridgehead atoms. The quantitative estimate of drug-likeness (QED) is 0.178. The van der Waals surface area contributed by atoms with Gasteiger partial charge in [-0.15, -0.1) is 0 Å². The van der Waals surface area contributed by atoms with Gasteiger partial charge in [-0.3, -0.25) is 9.59 Å². The highest BCUT2D eigenvalue weighted by Crippen LogP contribution is 2.35. The van der Waals surface area contributed by atoms with Gasteiger partial charge in [0.15, 0.2) is 22.9 Å². The first-order valence-corrected chi connectivity index (χ1v) is 15.7. The first-order chi connectivity index (χ1) is 18.6. The number of esters is 1. The summed E-state index contributed by atoms with van der Waals surface area (Å²) in [6.45, 7) is 7.10. The topological polar surface area (TPSA) is 143 Å². The molecule has 0 aliphatic rings. The molecule has 1 aromatic carbocycles. The molecule has 0 saturated heterocycles. The van der Waals surface area contributed by atoms with Crippen molar-refractivity contribution in [3.63, 3.8) is 0 Å². The molecule has 2 N–H and O–H groups in total. The SMILES string of the molecule is COC(=O)CCCNc1nc(OC)c(NC(=O)c2ccc(Oc3cc([Si](C)(C)C)ccc3OC)o2)c(OC)n1. The maximum absolute atomic E-state index is 13.0. The lowest BCUT2D eigenvalue weighted by Gasteiger charge is -2.18. The monoisotopic (exact) mass is 558 g/mol. The molecule has 2 heterocycles. The van der Waals surface area contributed by atoms with E-state index in [0.29, 0.717) is 24.5 Å². The first-order valence-electron chi connectivity index (χ1n) is 12.2. The Morgan fingerprint density at radius 1 is 0.923 bits per heavy atom. The second-order valence-corrected chi connectivity index (χ2v) is 14.4. The van der Waals surface area contributed by atoms with E-state index in [1.54, 1.807) is 13.2 Å². The summed E-state index contributed by atoms with van der Waals surface area (Å²) in [6, 6.07) is 8.85. The van der Waals surface area contributed by atoms with Crippen molar-refractivity contribution in [2.24, 2.45) is 0 Å². The molecule has 210 valence electrons. The molecule has 0 unspecified atom stereocenters. The normalized spacial score (nSPS) is 10.9.